The second kappa shape index (κ2) is 9.65. The molecule has 3 heterocycles. The molecular formula is C25H28N4O6. The minimum absolute atomic E-state index is 0.0834. The number of ether oxygens (including phenoxy) is 2. The summed E-state index contributed by atoms with van der Waals surface area (Å²) in [6, 6.07) is 9.83. The molecule has 0 aliphatic carbocycles. The third kappa shape index (κ3) is 4.60. The molecule has 3 aliphatic rings. The second-order valence-electron chi connectivity index (χ2n) is 8.95. The lowest BCUT2D eigenvalue weighted by Crippen LogP contribution is -2.52. The Morgan fingerprint density at radius 2 is 1.97 bits per heavy atom. The van der Waals surface area contributed by atoms with Crippen LogP contribution in [0, 0.1) is 0 Å². The van der Waals surface area contributed by atoms with Gasteiger partial charge in [-0.05, 0) is 30.2 Å². The van der Waals surface area contributed by atoms with Gasteiger partial charge in [0.2, 0.25) is 11.8 Å². The van der Waals surface area contributed by atoms with E-state index in [-0.39, 0.29) is 43.3 Å². The SMILES string of the molecule is NC(c1ccc(COc2cccc3c2CN(C2CCC(=O)NC2=O)C3=O)c(O)c1)N1CCOCC1. The number of aromatic hydroxyl groups is 1. The lowest BCUT2D eigenvalue weighted by molar-refractivity contribution is -0.136. The number of piperidine rings is 1. The molecule has 0 saturated carbocycles. The van der Waals surface area contributed by atoms with Crippen molar-refractivity contribution < 1.29 is 29.0 Å². The van der Waals surface area contributed by atoms with Crippen LogP contribution in [0.2, 0.25) is 0 Å². The average molecular weight is 481 g/mol. The van der Waals surface area contributed by atoms with Crippen molar-refractivity contribution in [3.8, 4) is 11.5 Å². The largest absolute Gasteiger partial charge is 0.508 e. The Labute approximate surface area is 202 Å². The normalized spacial score (nSPS) is 21.6. The maximum atomic E-state index is 13.0. The number of nitrogens with one attached hydrogen (secondary N) is 1. The Kier molecular flexibility index (Phi) is 6.42. The number of morpholine rings is 1. The van der Waals surface area contributed by atoms with Crippen LogP contribution in [-0.2, 0) is 27.5 Å². The van der Waals surface area contributed by atoms with E-state index in [4.69, 9.17) is 15.2 Å². The minimum Gasteiger partial charge on any atom is -0.508 e. The number of hydrogen-bond donors (Lipinski definition) is 3. The van der Waals surface area contributed by atoms with Crippen LogP contribution >= 0.6 is 0 Å². The fourth-order valence-corrected chi connectivity index (χ4v) is 4.80. The van der Waals surface area contributed by atoms with E-state index in [2.05, 4.69) is 10.2 Å². The Morgan fingerprint density at radius 1 is 1.17 bits per heavy atom. The van der Waals surface area contributed by atoms with Gasteiger partial charge in [-0.25, -0.2) is 0 Å². The van der Waals surface area contributed by atoms with E-state index < -0.39 is 11.9 Å². The summed E-state index contributed by atoms with van der Waals surface area (Å²) in [6.45, 7) is 3.06. The molecule has 0 radical (unpaired) electrons. The lowest BCUT2D eigenvalue weighted by atomic mass is 10.0. The average Bonchev–Trinajstić information content (AvgIpc) is 3.20. The van der Waals surface area contributed by atoms with E-state index in [1.807, 2.05) is 6.07 Å². The van der Waals surface area contributed by atoms with Crippen molar-refractivity contribution in [3.05, 3.63) is 58.7 Å². The standard InChI is InChI=1S/C25H28N4O6/c26-23(28-8-10-34-11-9-28)15-4-5-16(20(30)12-15)14-35-21-3-1-2-17-18(21)13-29(25(17)33)19-6-7-22(31)27-24(19)32/h1-5,12,19,23,30H,6-11,13-14,26H2,(H,27,31,32). The van der Waals surface area contributed by atoms with Gasteiger partial charge in [0.05, 0.1) is 25.9 Å². The number of nitrogens with two attached hydrogens (primary N) is 1. The van der Waals surface area contributed by atoms with Crippen molar-refractivity contribution in [1.82, 2.24) is 15.1 Å². The Hall–Kier alpha value is -3.47. The number of hydrogen-bond acceptors (Lipinski definition) is 8. The zero-order chi connectivity index (χ0) is 24.5. The quantitative estimate of drug-likeness (QED) is 0.522. The molecule has 4 N–H and O–H groups in total. The van der Waals surface area contributed by atoms with Gasteiger partial charge in [0, 0.05) is 36.2 Å². The zero-order valence-corrected chi connectivity index (χ0v) is 19.2. The summed E-state index contributed by atoms with van der Waals surface area (Å²) in [7, 11) is 0. The molecule has 2 atom stereocenters. The van der Waals surface area contributed by atoms with Crippen LogP contribution in [0.25, 0.3) is 0 Å². The van der Waals surface area contributed by atoms with Gasteiger partial charge >= 0.3 is 0 Å². The van der Waals surface area contributed by atoms with Gasteiger partial charge in [-0.1, -0.05) is 18.2 Å². The van der Waals surface area contributed by atoms with Gasteiger partial charge in [-0.3, -0.25) is 24.6 Å². The van der Waals surface area contributed by atoms with Crippen LogP contribution in [0.4, 0.5) is 0 Å². The van der Waals surface area contributed by atoms with Crippen LogP contribution in [-0.4, -0.2) is 65.0 Å². The molecular weight excluding hydrogens is 452 g/mol. The first-order chi connectivity index (χ1) is 16.9. The van der Waals surface area contributed by atoms with Crippen LogP contribution in [0.1, 0.15) is 46.1 Å². The number of nitrogens with zero attached hydrogens (tertiary/aromatic N) is 2. The van der Waals surface area contributed by atoms with E-state index in [1.54, 1.807) is 30.3 Å². The van der Waals surface area contributed by atoms with Crippen molar-refractivity contribution in [2.45, 2.75) is 38.2 Å². The smallest absolute Gasteiger partial charge is 0.255 e. The zero-order valence-electron chi connectivity index (χ0n) is 19.2. The van der Waals surface area contributed by atoms with Crippen LogP contribution in [0.15, 0.2) is 36.4 Å². The van der Waals surface area contributed by atoms with Gasteiger partial charge in [-0.2, -0.15) is 0 Å². The molecule has 0 bridgehead atoms. The number of imide groups is 1. The fraction of sp³-hybridized carbons (Fsp3) is 0.400. The third-order valence-electron chi connectivity index (χ3n) is 6.81. The molecule has 2 aromatic carbocycles. The highest BCUT2D eigenvalue weighted by Crippen LogP contribution is 2.34. The molecule has 184 valence electrons. The van der Waals surface area contributed by atoms with E-state index in [9.17, 15) is 19.5 Å². The van der Waals surface area contributed by atoms with Crippen molar-refractivity contribution >= 4 is 17.7 Å². The van der Waals surface area contributed by atoms with E-state index in [0.717, 1.165) is 18.7 Å². The summed E-state index contributed by atoms with van der Waals surface area (Å²) >= 11 is 0. The van der Waals surface area contributed by atoms with Crippen LogP contribution in [0.5, 0.6) is 11.5 Å². The van der Waals surface area contributed by atoms with E-state index in [0.29, 0.717) is 42.1 Å². The van der Waals surface area contributed by atoms with Crippen molar-refractivity contribution in [1.29, 1.82) is 0 Å². The molecule has 2 unspecified atom stereocenters. The molecule has 35 heavy (non-hydrogen) atoms. The minimum atomic E-state index is -0.687. The lowest BCUT2D eigenvalue weighted by Gasteiger charge is -2.32. The number of phenolic OH excluding ortho intramolecular Hbond substituents is 1. The molecule has 3 aliphatic heterocycles. The van der Waals surface area contributed by atoms with Crippen molar-refractivity contribution in [2.24, 2.45) is 5.73 Å². The predicted octanol–water partition coefficient (Wildman–Crippen LogP) is 1.02. The number of benzene rings is 2. The molecule has 2 fully saturated rings. The molecule has 10 heteroatoms. The summed E-state index contributed by atoms with van der Waals surface area (Å²) in [5, 5.41) is 12.9. The maximum absolute atomic E-state index is 13.0. The summed E-state index contributed by atoms with van der Waals surface area (Å²) in [5.41, 5.74) is 8.92. The molecule has 10 nitrogen and oxygen atoms in total. The molecule has 2 aromatic rings. The fourth-order valence-electron chi connectivity index (χ4n) is 4.80. The number of phenols is 1. The number of fused-ring (bicyclic) bond motifs is 1. The Balaban J connectivity index is 1.28. The molecule has 0 spiro atoms. The number of rotatable bonds is 6. The number of amides is 3. The highest BCUT2D eigenvalue weighted by Gasteiger charge is 2.40. The van der Waals surface area contributed by atoms with Crippen molar-refractivity contribution in [3.63, 3.8) is 0 Å². The van der Waals surface area contributed by atoms with Gasteiger partial charge in [0.1, 0.15) is 24.1 Å². The van der Waals surface area contributed by atoms with Gasteiger partial charge in [-0.15, -0.1) is 0 Å². The number of carbonyl (C=O) groups excluding carboxylic acids is 3. The summed E-state index contributed by atoms with van der Waals surface area (Å²) in [6.07, 6.45) is 0.166. The maximum Gasteiger partial charge on any atom is 0.255 e. The second-order valence-corrected chi connectivity index (χ2v) is 8.95. The highest BCUT2D eigenvalue weighted by molar-refractivity contribution is 6.05. The topological polar surface area (TPSA) is 134 Å². The summed E-state index contributed by atoms with van der Waals surface area (Å²) < 4.78 is 11.4. The molecule has 0 aromatic heterocycles. The third-order valence-corrected chi connectivity index (χ3v) is 6.81. The van der Waals surface area contributed by atoms with Gasteiger partial charge in [0.15, 0.2) is 0 Å². The number of carbonyl (C=O) groups is 3. The Bertz CT molecular complexity index is 1160. The highest BCUT2D eigenvalue weighted by atomic mass is 16.5. The first kappa shape index (κ1) is 23.3. The first-order valence-corrected chi connectivity index (χ1v) is 11.7. The predicted molar refractivity (Wildman–Crippen MR) is 124 cm³/mol. The molecule has 5 rings (SSSR count). The summed E-state index contributed by atoms with van der Waals surface area (Å²) in [4.78, 5) is 40.3. The van der Waals surface area contributed by atoms with Gasteiger partial charge < -0.3 is 25.2 Å². The summed E-state index contributed by atoms with van der Waals surface area (Å²) in [5.74, 6) is -0.440. The molecule has 3 amide bonds. The molecule has 2 saturated heterocycles. The van der Waals surface area contributed by atoms with Gasteiger partial charge in [0.25, 0.3) is 5.91 Å². The Morgan fingerprint density at radius 3 is 2.71 bits per heavy atom. The van der Waals surface area contributed by atoms with Crippen molar-refractivity contribution in [2.75, 3.05) is 26.3 Å². The van der Waals surface area contributed by atoms with Crippen LogP contribution < -0.4 is 15.8 Å². The van der Waals surface area contributed by atoms with Crippen LogP contribution in [0.3, 0.4) is 0 Å². The monoisotopic (exact) mass is 480 g/mol. The first-order valence-electron chi connectivity index (χ1n) is 11.7. The van der Waals surface area contributed by atoms with E-state index >= 15 is 0 Å². The van der Waals surface area contributed by atoms with E-state index in [1.165, 1.54) is 4.90 Å².